The highest BCUT2D eigenvalue weighted by atomic mass is 127. The number of nitrogens with one attached hydrogen (secondary N) is 1. The Morgan fingerprint density at radius 2 is 1.79 bits per heavy atom. The minimum absolute atomic E-state index is 0.0408. The van der Waals surface area contributed by atoms with Crippen molar-refractivity contribution >= 4 is 38.3 Å². The molecule has 7 nitrogen and oxygen atoms in total. The molecule has 43 heavy (non-hydrogen) atoms. The first-order valence-corrected chi connectivity index (χ1v) is 18.6. The number of carbonyl (C=O) groups is 1. The molecular weight excluding hydrogens is 675 g/mol. The van der Waals surface area contributed by atoms with E-state index in [2.05, 4.69) is 46.7 Å². The summed E-state index contributed by atoms with van der Waals surface area (Å²) in [6.07, 6.45) is 5.55. The van der Waals surface area contributed by atoms with Gasteiger partial charge in [-0.3, -0.25) is 4.79 Å². The van der Waals surface area contributed by atoms with E-state index in [4.69, 9.17) is 4.74 Å². The molecule has 2 N–H and O–H groups in total. The fourth-order valence-electron chi connectivity index (χ4n) is 6.48. The van der Waals surface area contributed by atoms with Crippen LogP contribution in [0.25, 0.3) is 0 Å². The van der Waals surface area contributed by atoms with E-state index in [1.165, 1.54) is 19.3 Å². The van der Waals surface area contributed by atoms with Crippen molar-refractivity contribution in [3.05, 3.63) is 57.2 Å². The molecule has 2 aromatic carbocycles. The van der Waals surface area contributed by atoms with Gasteiger partial charge in [-0.15, -0.1) is 0 Å². The summed E-state index contributed by atoms with van der Waals surface area (Å²) in [4.78, 5) is 15.6. The topological polar surface area (TPSA) is 95.9 Å². The van der Waals surface area contributed by atoms with Gasteiger partial charge in [-0.05, 0) is 117 Å². The molecule has 0 bridgehead atoms. The first kappa shape index (κ1) is 34.2. The highest BCUT2D eigenvalue weighted by molar-refractivity contribution is 14.1. The number of aliphatic hydroxyl groups is 1. The normalized spacial score (nSPS) is 21.2. The molecule has 0 spiro atoms. The van der Waals surface area contributed by atoms with Crippen LogP contribution in [-0.2, 0) is 21.1 Å². The molecule has 238 valence electrons. The smallest absolute Gasteiger partial charge is 0.224 e. The van der Waals surface area contributed by atoms with Gasteiger partial charge in [0.25, 0.3) is 0 Å². The molecule has 1 amide bonds. The predicted molar refractivity (Wildman–Crippen MR) is 180 cm³/mol. The summed E-state index contributed by atoms with van der Waals surface area (Å²) in [7, 11) is -3.61. The molecule has 3 atom stereocenters. The standard InChI is InChI=1S/C34H49IN2O5S/c1-24(2)9-8-10-26(23-43(40,41)28-14-12-27(35)13-15-28)32-29-21-25(11-16-30(29)42-34(3,4)33(32)39)22-31(38)36-17-20-37-18-6-5-7-19-37/h11-16,21,24,26,32-33,39H,5-10,17-20,22-23H2,1-4H3,(H,36,38)/t26?,32-,33+/m1/s1. The van der Waals surface area contributed by atoms with Crippen LogP contribution >= 0.6 is 22.6 Å². The maximum Gasteiger partial charge on any atom is 0.224 e. The zero-order valence-electron chi connectivity index (χ0n) is 26.1. The molecule has 0 aliphatic carbocycles. The number of nitrogens with zero attached hydrogens (tertiary/aromatic N) is 1. The van der Waals surface area contributed by atoms with E-state index < -0.39 is 27.5 Å². The number of hydrogen-bond acceptors (Lipinski definition) is 6. The summed E-state index contributed by atoms with van der Waals surface area (Å²) in [6.45, 7) is 11.7. The number of likely N-dealkylation sites (tertiary alicyclic amines) is 1. The number of rotatable bonds is 13. The summed E-state index contributed by atoms with van der Waals surface area (Å²) in [5, 5.41) is 14.8. The van der Waals surface area contributed by atoms with Gasteiger partial charge in [-0.25, -0.2) is 8.42 Å². The van der Waals surface area contributed by atoms with E-state index in [0.29, 0.717) is 29.5 Å². The van der Waals surface area contributed by atoms with Gasteiger partial charge in [-0.1, -0.05) is 45.2 Å². The lowest BCUT2D eigenvalue weighted by Crippen LogP contribution is -2.51. The van der Waals surface area contributed by atoms with E-state index in [9.17, 15) is 18.3 Å². The molecule has 2 heterocycles. The Morgan fingerprint density at radius 1 is 1.09 bits per heavy atom. The summed E-state index contributed by atoms with van der Waals surface area (Å²) in [6, 6.07) is 12.7. The monoisotopic (exact) mass is 724 g/mol. The van der Waals surface area contributed by atoms with E-state index in [1.807, 2.05) is 44.2 Å². The average molecular weight is 725 g/mol. The minimum atomic E-state index is -3.61. The maximum atomic E-state index is 13.7. The largest absolute Gasteiger partial charge is 0.485 e. The number of carbonyl (C=O) groups excluding carboxylic acids is 1. The van der Waals surface area contributed by atoms with Gasteiger partial charge in [0.15, 0.2) is 9.84 Å². The number of sulfone groups is 1. The van der Waals surface area contributed by atoms with E-state index in [-0.39, 0.29) is 24.0 Å². The lowest BCUT2D eigenvalue weighted by Gasteiger charge is -2.45. The molecule has 0 aromatic heterocycles. The van der Waals surface area contributed by atoms with Crippen molar-refractivity contribution in [3.63, 3.8) is 0 Å². The Balaban J connectivity index is 1.58. The van der Waals surface area contributed by atoms with Gasteiger partial charge in [0.1, 0.15) is 17.5 Å². The highest BCUT2D eigenvalue weighted by Gasteiger charge is 2.47. The van der Waals surface area contributed by atoms with Crippen molar-refractivity contribution in [2.75, 3.05) is 31.9 Å². The molecule has 4 rings (SSSR count). The summed E-state index contributed by atoms with van der Waals surface area (Å²) in [5.41, 5.74) is 0.724. The van der Waals surface area contributed by atoms with Gasteiger partial charge in [0.05, 0.1) is 17.1 Å². The van der Waals surface area contributed by atoms with Crippen LogP contribution in [0.3, 0.4) is 0 Å². The summed E-state index contributed by atoms with van der Waals surface area (Å²) >= 11 is 2.17. The van der Waals surface area contributed by atoms with Crippen LogP contribution in [0.4, 0.5) is 0 Å². The number of halogens is 1. The van der Waals surface area contributed by atoms with Crippen LogP contribution in [0.5, 0.6) is 5.75 Å². The second-order valence-electron chi connectivity index (χ2n) is 13.3. The van der Waals surface area contributed by atoms with Crippen molar-refractivity contribution < 1.29 is 23.1 Å². The molecule has 2 aliphatic heterocycles. The van der Waals surface area contributed by atoms with Crippen molar-refractivity contribution in [3.8, 4) is 5.75 Å². The minimum Gasteiger partial charge on any atom is -0.485 e. The number of hydrogen-bond donors (Lipinski definition) is 2. The molecule has 1 saturated heterocycles. The Bertz CT molecular complexity index is 1320. The molecule has 0 saturated carbocycles. The number of piperidine rings is 1. The number of aliphatic hydroxyl groups excluding tert-OH is 1. The molecular formula is C34H49IN2O5S. The van der Waals surface area contributed by atoms with Gasteiger partial charge < -0.3 is 20.1 Å². The quantitative estimate of drug-likeness (QED) is 0.248. The molecule has 1 unspecified atom stereocenters. The van der Waals surface area contributed by atoms with Crippen LogP contribution in [0.15, 0.2) is 47.4 Å². The highest BCUT2D eigenvalue weighted by Crippen LogP contribution is 2.47. The Morgan fingerprint density at radius 3 is 2.47 bits per heavy atom. The van der Waals surface area contributed by atoms with Gasteiger partial charge in [0.2, 0.25) is 5.91 Å². The van der Waals surface area contributed by atoms with E-state index in [0.717, 1.165) is 47.2 Å². The van der Waals surface area contributed by atoms with Crippen molar-refractivity contribution in [2.24, 2.45) is 11.8 Å². The van der Waals surface area contributed by atoms with E-state index >= 15 is 0 Å². The van der Waals surface area contributed by atoms with E-state index in [1.54, 1.807) is 12.1 Å². The molecule has 0 radical (unpaired) electrons. The zero-order chi connectivity index (χ0) is 31.2. The summed E-state index contributed by atoms with van der Waals surface area (Å²) in [5.74, 6) is 0.262. The maximum absolute atomic E-state index is 13.7. The third-order valence-corrected chi connectivity index (χ3v) is 11.5. The first-order valence-electron chi connectivity index (χ1n) is 15.8. The molecule has 2 aliphatic rings. The van der Waals surface area contributed by atoms with Crippen LogP contribution in [0.1, 0.15) is 83.3 Å². The fraction of sp³-hybridized carbons (Fsp3) is 0.618. The predicted octanol–water partition coefficient (Wildman–Crippen LogP) is 5.97. The summed E-state index contributed by atoms with van der Waals surface area (Å²) < 4.78 is 34.7. The van der Waals surface area contributed by atoms with Gasteiger partial charge >= 0.3 is 0 Å². The molecule has 9 heteroatoms. The lowest BCUT2D eigenvalue weighted by molar-refractivity contribution is -0.120. The lowest BCUT2D eigenvalue weighted by atomic mass is 9.73. The zero-order valence-corrected chi connectivity index (χ0v) is 29.1. The van der Waals surface area contributed by atoms with Crippen LogP contribution < -0.4 is 10.1 Å². The number of fused-ring (bicyclic) bond motifs is 1. The molecule has 1 fully saturated rings. The third-order valence-electron chi connectivity index (χ3n) is 8.89. The van der Waals surface area contributed by atoms with Crippen LogP contribution in [-0.4, -0.2) is 68.0 Å². The van der Waals surface area contributed by atoms with Gasteiger partial charge in [-0.2, -0.15) is 0 Å². The first-order chi connectivity index (χ1) is 20.4. The number of ether oxygens (including phenoxy) is 1. The third kappa shape index (κ3) is 9.41. The van der Waals surface area contributed by atoms with Gasteiger partial charge in [0, 0.05) is 28.1 Å². The fourth-order valence-corrected chi connectivity index (χ4v) is 8.52. The molecule has 2 aromatic rings. The number of benzene rings is 2. The Kier molecular flexibility index (Phi) is 12.0. The Labute approximate surface area is 272 Å². The van der Waals surface area contributed by atoms with Crippen molar-refractivity contribution in [1.29, 1.82) is 0 Å². The van der Waals surface area contributed by atoms with Crippen molar-refractivity contribution in [1.82, 2.24) is 10.2 Å². The number of amides is 1. The Hall–Kier alpha value is -1.69. The second-order valence-corrected chi connectivity index (χ2v) is 16.6. The van der Waals surface area contributed by atoms with Crippen LogP contribution in [0, 0.1) is 15.4 Å². The second kappa shape index (κ2) is 15.1. The average Bonchev–Trinajstić information content (AvgIpc) is 2.94. The van der Waals surface area contributed by atoms with Crippen LogP contribution in [0.2, 0.25) is 0 Å². The SMILES string of the molecule is CC(C)CCCC(CS(=O)(=O)c1ccc(I)cc1)[C@@H]1c2cc(CC(=O)NCCN3CCCCC3)ccc2OC(C)(C)[C@H]1O. The van der Waals surface area contributed by atoms with Crippen molar-refractivity contribution in [2.45, 2.75) is 95.2 Å².